The highest BCUT2D eigenvalue weighted by atomic mass is 35.5. The van der Waals surface area contributed by atoms with Crippen LogP contribution in [0.5, 0.6) is 0 Å². The van der Waals surface area contributed by atoms with Gasteiger partial charge in [0.2, 0.25) is 11.8 Å². The smallest absolute Gasteiger partial charge is 0.227 e. The molecule has 1 aliphatic rings. The number of amides is 2. The molecule has 1 aliphatic heterocycles. The van der Waals surface area contributed by atoms with Crippen molar-refractivity contribution < 1.29 is 14.0 Å². The fraction of sp³-hybridized carbons (Fsp3) is 0.333. The first-order chi connectivity index (χ1) is 12.9. The van der Waals surface area contributed by atoms with Crippen LogP contribution in [-0.4, -0.2) is 24.9 Å². The Morgan fingerprint density at radius 3 is 2.74 bits per heavy atom. The molecular formula is C21H22ClFN2O2. The lowest BCUT2D eigenvalue weighted by Gasteiger charge is -2.21. The van der Waals surface area contributed by atoms with E-state index >= 15 is 0 Å². The summed E-state index contributed by atoms with van der Waals surface area (Å²) in [5.41, 5.74) is 3.17. The molecule has 1 saturated heterocycles. The molecule has 0 aromatic heterocycles. The fourth-order valence-electron chi connectivity index (χ4n) is 3.52. The van der Waals surface area contributed by atoms with Crippen molar-refractivity contribution in [3.8, 4) is 0 Å². The first-order valence-corrected chi connectivity index (χ1v) is 9.33. The molecule has 0 saturated carbocycles. The Balaban J connectivity index is 1.62. The van der Waals surface area contributed by atoms with Crippen molar-refractivity contribution in [2.75, 3.05) is 18.0 Å². The Hall–Kier alpha value is -2.40. The second-order valence-corrected chi connectivity index (χ2v) is 7.36. The molecule has 4 nitrogen and oxygen atoms in total. The van der Waals surface area contributed by atoms with Gasteiger partial charge in [-0.25, -0.2) is 4.39 Å². The SMILES string of the molecule is Cc1cc(C)c(N2CC(C(=O)NCCc3ccccc3F)CC2=O)c(Cl)c1. The van der Waals surface area contributed by atoms with Crippen LogP contribution >= 0.6 is 11.6 Å². The highest BCUT2D eigenvalue weighted by molar-refractivity contribution is 6.34. The molecule has 142 valence electrons. The summed E-state index contributed by atoms with van der Waals surface area (Å²) in [4.78, 5) is 26.5. The maximum Gasteiger partial charge on any atom is 0.227 e. The summed E-state index contributed by atoms with van der Waals surface area (Å²) in [5.74, 6) is -1.02. The maximum absolute atomic E-state index is 13.6. The number of hydrogen-bond acceptors (Lipinski definition) is 2. The van der Waals surface area contributed by atoms with Crippen LogP contribution in [0.2, 0.25) is 5.02 Å². The van der Waals surface area contributed by atoms with Gasteiger partial charge < -0.3 is 10.2 Å². The van der Waals surface area contributed by atoms with E-state index in [1.807, 2.05) is 26.0 Å². The summed E-state index contributed by atoms with van der Waals surface area (Å²) in [5, 5.41) is 3.33. The van der Waals surface area contributed by atoms with E-state index < -0.39 is 5.92 Å². The number of nitrogens with one attached hydrogen (secondary N) is 1. The van der Waals surface area contributed by atoms with Crippen molar-refractivity contribution >= 4 is 29.1 Å². The second-order valence-electron chi connectivity index (χ2n) is 6.95. The molecule has 2 amide bonds. The lowest BCUT2D eigenvalue weighted by molar-refractivity contribution is -0.126. The average molecular weight is 389 g/mol. The summed E-state index contributed by atoms with van der Waals surface area (Å²) in [7, 11) is 0. The number of halogens is 2. The fourth-order valence-corrected chi connectivity index (χ4v) is 3.94. The molecule has 27 heavy (non-hydrogen) atoms. The molecular weight excluding hydrogens is 367 g/mol. The maximum atomic E-state index is 13.6. The summed E-state index contributed by atoms with van der Waals surface area (Å²) in [6, 6.07) is 10.3. The predicted molar refractivity (Wildman–Crippen MR) is 104 cm³/mol. The third-order valence-electron chi connectivity index (χ3n) is 4.82. The molecule has 1 unspecified atom stereocenters. The van der Waals surface area contributed by atoms with Gasteiger partial charge in [-0.05, 0) is 49.1 Å². The first kappa shape index (κ1) is 19.4. The van der Waals surface area contributed by atoms with Crippen LogP contribution in [0.3, 0.4) is 0 Å². The van der Waals surface area contributed by atoms with Crippen LogP contribution in [0.4, 0.5) is 10.1 Å². The number of nitrogens with zero attached hydrogens (tertiary/aromatic N) is 1. The predicted octanol–water partition coefficient (Wildman–Crippen LogP) is 3.81. The van der Waals surface area contributed by atoms with Gasteiger partial charge in [-0.2, -0.15) is 0 Å². The highest BCUT2D eigenvalue weighted by Crippen LogP contribution is 2.35. The summed E-state index contributed by atoms with van der Waals surface area (Å²) in [6.07, 6.45) is 0.556. The summed E-state index contributed by atoms with van der Waals surface area (Å²) < 4.78 is 13.6. The van der Waals surface area contributed by atoms with Gasteiger partial charge in [-0.3, -0.25) is 9.59 Å². The molecule has 3 rings (SSSR count). The average Bonchev–Trinajstić information content (AvgIpc) is 2.97. The Bertz CT molecular complexity index is 861. The Kier molecular flexibility index (Phi) is 5.80. The Labute approximate surface area is 163 Å². The van der Waals surface area contributed by atoms with Gasteiger partial charge in [-0.1, -0.05) is 35.9 Å². The van der Waals surface area contributed by atoms with E-state index in [4.69, 9.17) is 11.6 Å². The van der Waals surface area contributed by atoms with Crippen molar-refractivity contribution in [1.29, 1.82) is 0 Å². The first-order valence-electron chi connectivity index (χ1n) is 8.95. The van der Waals surface area contributed by atoms with Crippen LogP contribution in [-0.2, 0) is 16.0 Å². The van der Waals surface area contributed by atoms with E-state index in [-0.39, 0.29) is 24.1 Å². The molecule has 1 N–H and O–H groups in total. The second kappa shape index (κ2) is 8.09. The van der Waals surface area contributed by atoms with Crippen LogP contribution in [0.25, 0.3) is 0 Å². The van der Waals surface area contributed by atoms with Gasteiger partial charge >= 0.3 is 0 Å². The quantitative estimate of drug-likeness (QED) is 0.846. The topological polar surface area (TPSA) is 49.4 Å². The lowest BCUT2D eigenvalue weighted by Crippen LogP contribution is -2.34. The van der Waals surface area contributed by atoms with Crippen LogP contribution in [0, 0.1) is 25.6 Å². The molecule has 1 atom stereocenters. The van der Waals surface area contributed by atoms with E-state index in [1.54, 1.807) is 23.1 Å². The van der Waals surface area contributed by atoms with Gasteiger partial charge in [-0.15, -0.1) is 0 Å². The minimum Gasteiger partial charge on any atom is -0.355 e. The van der Waals surface area contributed by atoms with E-state index in [0.29, 0.717) is 35.8 Å². The number of anilines is 1. The van der Waals surface area contributed by atoms with Crippen LogP contribution in [0.15, 0.2) is 36.4 Å². The van der Waals surface area contributed by atoms with Crippen LogP contribution in [0.1, 0.15) is 23.1 Å². The standard InChI is InChI=1S/C21H22ClFN2O2/c1-13-9-14(2)20(17(22)10-13)25-12-16(11-19(25)26)21(27)24-8-7-15-5-3-4-6-18(15)23/h3-6,9-10,16H,7-8,11-12H2,1-2H3,(H,24,27). The number of aryl methyl sites for hydroxylation is 2. The van der Waals surface area contributed by atoms with Gasteiger partial charge in [0.05, 0.1) is 16.6 Å². The largest absolute Gasteiger partial charge is 0.355 e. The van der Waals surface area contributed by atoms with Crippen molar-refractivity contribution in [3.63, 3.8) is 0 Å². The Morgan fingerprint density at radius 1 is 1.30 bits per heavy atom. The van der Waals surface area contributed by atoms with Crippen molar-refractivity contribution in [3.05, 3.63) is 63.9 Å². The zero-order valence-electron chi connectivity index (χ0n) is 15.4. The summed E-state index contributed by atoms with van der Waals surface area (Å²) >= 11 is 6.34. The molecule has 0 bridgehead atoms. The zero-order valence-corrected chi connectivity index (χ0v) is 16.1. The molecule has 0 spiro atoms. The third kappa shape index (κ3) is 4.30. The monoisotopic (exact) mass is 388 g/mol. The molecule has 6 heteroatoms. The van der Waals surface area contributed by atoms with Crippen molar-refractivity contribution in [2.45, 2.75) is 26.7 Å². The van der Waals surface area contributed by atoms with Gasteiger partial charge in [0.25, 0.3) is 0 Å². The summed E-state index contributed by atoms with van der Waals surface area (Å²) in [6.45, 7) is 4.48. The van der Waals surface area contributed by atoms with Crippen molar-refractivity contribution in [2.24, 2.45) is 5.92 Å². The number of benzene rings is 2. The number of carbonyl (C=O) groups excluding carboxylic acids is 2. The Morgan fingerprint density at radius 2 is 2.04 bits per heavy atom. The van der Waals surface area contributed by atoms with E-state index in [0.717, 1.165) is 11.1 Å². The zero-order chi connectivity index (χ0) is 19.6. The molecule has 0 radical (unpaired) electrons. The van der Waals surface area contributed by atoms with E-state index in [1.165, 1.54) is 6.07 Å². The van der Waals surface area contributed by atoms with Gasteiger partial charge in [0.1, 0.15) is 5.82 Å². The van der Waals surface area contributed by atoms with E-state index in [9.17, 15) is 14.0 Å². The van der Waals surface area contributed by atoms with Gasteiger partial charge in [0, 0.05) is 19.5 Å². The molecule has 1 fully saturated rings. The lowest BCUT2D eigenvalue weighted by atomic mass is 10.1. The molecule has 2 aromatic rings. The molecule has 0 aliphatic carbocycles. The minimum absolute atomic E-state index is 0.113. The molecule has 1 heterocycles. The van der Waals surface area contributed by atoms with Gasteiger partial charge in [0.15, 0.2) is 0 Å². The normalized spacial score (nSPS) is 16.7. The number of hydrogen-bond donors (Lipinski definition) is 1. The highest BCUT2D eigenvalue weighted by Gasteiger charge is 2.36. The van der Waals surface area contributed by atoms with Crippen LogP contribution < -0.4 is 10.2 Å². The van der Waals surface area contributed by atoms with Crippen molar-refractivity contribution in [1.82, 2.24) is 5.32 Å². The van der Waals surface area contributed by atoms with E-state index in [2.05, 4.69) is 5.32 Å². The third-order valence-corrected chi connectivity index (χ3v) is 5.10. The number of rotatable bonds is 5. The minimum atomic E-state index is -0.435. The molecule has 2 aromatic carbocycles. The number of carbonyl (C=O) groups is 2.